The number of piperazine rings is 1. The van der Waals surface area contributed by atoms with Gasteiger partial charge in [-0.05, 0) is 29.7 Å². The van der Waals surface area contributed by atoms with E-state index in [1.165, 1.54) is 12.1 Å². The van der Waals surface area contributed by atoms with E-state index in [4.69, 9.17) is 9.47 Å². The monoisotopic (exact) mass is 548 g/mol. The Morgan fingerprint density at radius 2 is 1.48 bits per heavy atom. The summed E-state index contributed by atoms with van der Waals surface area (Å²) in [6.07, 6.45) is -2.34. The molecule has 6 rings (SSSR count). The molecule has 1 unspecified atom stereocenters. The SMILES string of the molecule is O=C1c2ccccc2C(=O)C1(c1cccc(C(F)(F)F)c1)N1CCN(C(Cc2ccccc2)C2=COCO2)CC1. The minimum atomic E-state index is -4.62. The fraction of sp³-hybridized carbons (Fsp3) is 0.290. The van der Waals surface area contributed by atoms with Gasteiger partial charge < -0.3 is 9.47 Å². The van der Waals surface area contributed by atoms with Crippen LogP contribution in [0.3, 0.4) is 0 Å². The number of ether oxygens (including phenoxy) is 2. The summed E-state index contributed by atoms with van der Waals surface area (Å²) in [6.45, 7) is 1.66. The van der Waals surface area contributed by atoms with Crippen LogP contribution in [0.1, 0.15) is 37.4 Å². The van der Waals surface area contributed by atoms with Crippen molar-refractivity contribution in [2.75, 3.05) is 33.0 Å². The van der Waals surface area contributed by atoms with Gasteiger partial charge in [0.05, 0.1) is 11.6 Å². The van der Waals surface area contributed by atoms with Crippen LogP contribution in [0.5, 0.6) is 0 Å². The van der Waals surface area contributed by atoms with Crippen LogP contribution in [-0.4, -0.2) is 60.4 Å². The molecule has 0 bridgehead atoms. The second-order valence-electron chi connectivity index (χ2n) is 10.2. The third kappa shape index (κ3) is 4.39. The lowest BCUT2D eigenvalue weighted by atomic mass is 9.81. The highest BCUT2D eigenvalue weighted by Crippen LogP contribution is 2.44. The zero-order valence-corrected chi connectivity index (χ0v) is 21.6. The Labute approximate surface area is 229 Å². The first kappa shape index (κ1) is 26.3. The van der Waals surface area contributed by atoms with Crippen LogP contribution < -0.4 is 0 Å². The molecule has 3 aliphatic rings. The maximum Gasteiger partial charge on any atom is 0.416 e. The van der Waals surface area contributed by atoms with Gasteiger partial charge in [0.15, 0.2) is 22.9 Å². The Morgan fingerprint density at radius 1 is 0.825 bits per heavy atom. The van der Waals surface area contributed by atoms with Crippen LogP contribution in [0.15, 0.2) is 90.9 Å². The van der Waals surface area contributed by atoms with Crippen molar-refractivity contribution in [1.29, 1.82) is 0 Å². The first-order chi connectivity index (χ1) is 19.3. The largest absolute Gasteiger partial charge is 0.462 e. The summed E-state index contributed by atoms with van der Waals surface area (Å²) in [5.74, 6) is -0.279. The maximum atomic E-state index is 14.1. The average Bonchev–Trinajstić information content (AvgIpc) is 3.58. The van der Waals surface area contributed by atoms with E-state index in [-0.39, 0.29) is 29.5 Å². The molecule has 1 fully saturated rings. The fourth-order valence-electron chi connectivity index (χ4n) is 6.07. The fourth-order valence-corrected chi connectivity index (χ4v) is 6.07. The van der Waals surface area contributed by atoms with Crippen molar-refractivity contribution in [3.8, 4) is 0 Å². The van der Waals surface area contributed by atoms with Crippen molar-refractivity contribution in [1.82, 2.24) is 9.80 Å². The topological polar surface area (TPSA) is 59.1 Å². The summed E-state index contributed by atoms with van der Waals surface area (Å²) in [6, 6.07) is 20.9. The molecule has 2 aliphatic heterocycles. The van der Waals surface area contributed by atoms with Crippen LogP contribution in [0.2, 0.25) is 0 Å². The van der Waals surface area contributed by atoms with Crippen LogP contribution in [0.25, 0.3) is 0 Å². The number of benzene rings is 3. The molecule has 206 valence electrons. The molecule has 0 aromatic heterocycles. The molecular formula is C31H27F3N2O4. The van der Waals surface area contributed by atoms with Crippen molar-refractivity contribution in [2.45, 2.75) is 24.2 Å². The van der Waals surface area contributed by atoms with E-state index in [2.05, 4.69) is 4.90 Å². The number of hydrogen-bond donors (Lipinski definition) is 0. The highest BCUT2D eigenvalue weighted by atomic mass is 19.4. The van der Waals surface area contributed by atoms with Gasteiger partial charge in [-0.1, -0.05) is 66.7 Å². The Bertz CT molecular complexity index is 1430. The van der Waals surface area contributed by atoms with Crippen molar-refractivity contribution in [2.24, 2.45) is 0 Å². The van der Waals surface area contributed by atoms with Crippen molar-refractivity contribution in [3.63, 3.8) is 0 Å². The van der Waals surface area contributed by atoms with Crippen LogP contribution in [0, 0.1) is 0 Å². The molecule has 1 aliphatic carbocycles. The normalized spacial score (nSPS) is 20.0. The number of carbonyl (C=O) groups excluding carboxylic acids is 2. The van der Waals surface area contributed by atoms with Crippen molar-refractivity contribution >= 4 is 11.6 Å². The van der Waals surface area contributed by atoms with E-state index in [0.29, 0.717) is 38.4 Å². The second-order valence-corrected chi connectivity index (χ2v) is 10.2. The molecule has 0 saturated carbocycles. The molecule has 3 aromatic rings. The van der Waals surface area contributed by atoms with Gasteiger partial charge in [0.2, 0.25) is 6.79 Å². The summed E-state index contributed by atoms with van der Waals surface area (Å²) in [4.78, 5) is 32.1. The smallest absolute Gasteiger partial charge is 0.416 e. The van der Waals surface area contributed by atoms with Crippen molar-refractivity contribution < 1.29 is 32.2 Å². The second kappa shape index (κ2) is 10.2. The number of rotatable bonds is 6. The number of nitrogens with zero attached hydrogens (tertiary/aromatic N) is 2. The third-order valence-corrected chi connectivity index (χ3v) is 8.00. The summed E-state index contributed by atoms with van der Waals surface area (Å²) < 4.78 is 52.3. The minimum absolute atomic E-state index is 0.0399. The number of ketones is 2. The van der Waals surface area contributed by atoms with E-state index in [1.807, 2.05) is 30.3 Å². The number of carbonyl (C=O) groups is 2. The summed E-state index contributed by atoms with van der Waals surface area (Å²) in [7, 11) is 0. The first-order valence-electron chi connectivity index (χ1n) is 13.1. The lowest BCUT2D eigenvalue weighted by Crippen LogP contribution is -2.61. The standard InChI is InChI=1S/C31H27F3N2O4/c32-31(33,34)23-10-6-9-22(18-23)30(28(37)24-11-4-5-12-25(24)29(30)38)36-15-13-35(14-16-36)26(27-19-39-20-40-27)17-21-7-2-1-3-8-21/h1-12,18-19,26H,13-17,20H2. The summed E-state index contributed by atoms with van der Waals surface area (Å²) >= 11 is 0. The van der Waals surface area contributed by atoms with E-state index >= 15 is 0 Å². The number of alkyl halides is 3. The third-order valence-electron chi connectivity index (χ3n) is 8.00. The van der Waals surface area contributed by atoms with E-state index in [1.54, 1.807) is 35.4 Å². The van der Waals surface area contributed by atoms with Gasteiger partial charge in [-0.2, -0.15) is 13.2 Å². The molecule has 0 N–H and O–H groups in total. The molecule has 1 atom stereocenters. The van der Waals surface area contributed by atoms with E-state index < -0.39 is 28.8 Å². The number of halogens is 3. The molecule has 40 heavy (non-hydrogen) atoms. The van der Waals surface area contributed by atoms with Crippen LogP contribution >= 0.6 is 0 Å². The van der Waals surface area contributed by atoms with Gasteiger partial charge in [-0.3, -0.25) is 19.4 Å². The lowest BCUT2D eigenvalue weighted by molar-refractivity contribution is -0.137. The Hall–Kier alpha value is -3.95. The van der Waals surface area contributed by atoms with Gasteiger partial charge >= 0.3 is 6.18 Å². The average molecular weight is 549 g/mol. The Morgan fingerprint density at radius 3 is 2.08 bits per heavy atom. The van der Waals surface area contributed by atoms with Gasteiger partial charge in [0.1, 0.15) is 6.26 Å². The molecule has 6 nitrogen and oxygen atoms in total. The highest BCUT2D eigenvalue weighted by Gasteiger charge is 2.58. The van der Waals surface area contributed by atoms with E-state index in [9.17, 15) is 22.8 Å². The van der Waals surface area contributed by atoms with Gasteiger partial charge in [0.25, 0.3) is 0 Å². The summed E-state index contributed by atoms with van der Waals surface area (Å²) in [5.41, 5.74) is -1.14. The number of fused-ring (bicyclic) bond motifs is 1. The molecule has 1 saturated heterocycles. The van der Waals surface area contributed by atoms with Crippen molar-refractivity contribution in [3.05, 3.63) is 119 Å². The van der Waals surface area contributed by atoms with Gasteiger partial charge in [-0.15, -0.1) is 0 Å². The minimum Gasteiger partial charge on any atom is -0.462 e. The highest BCUT2D eigenvalue weighted by molar-refractivity contribution is 6.32. The Kier molecular flexibility index (Phi) is 6.72. The molecule has 3 aromatic carbocycles. The number of Topliss-reactive ketones (excluding diaryl/α,β-unsaturated/α-hetero) is 2. The lowest BCUT2D eigenvalue weighted by Gasteiger charge is -2.45. The Balaban J connectivity index is 1.35. The van der Waals surface area contributed by atoms with Crippen LogP contribution in [-0.2, 0) is 27.6 Å². The predicted octanol–water partition coefficient (Wildman–Crippen LogP) is 5.05. The predicted molar refractivity (Wildman–Crippen MR) is 140 cm³/mol. The molecule has 0 amide bonds. The van der Waals surface area contributed by atoms with Crippen LogP contribution in [0.4, 0.5) is 13.2 Å². The first-order valence-corrected chi connectivity index (χ1v) is 13.1. The summed E-state index contributed by atoms with van der Waals surface area (Å²) in [5, 5.41) is 0. The van der Waals surface area contributed by atoms with Gasteiger partial charge in [0, 0.05) is 37.3 Å². The zero-order valence-electron chi connectivity index (χ0n) is 21.6. The molecule has 2 heterocycles. The van der Waals surface area contributed by atoms with E-state index in [0.717, 1.165) is 17.7 Å². The van der Waals surface area contributed by atoms with Gasteiger partial charge in [-0.25, -0.2) is 0 Å². The molecular weight excluding hydrogens is 521 g/mol. The quantitative estimate of drug-likeness (QED) is 0.402. The molecule has 0 spiro atoms. The zero-order chi connectivity index (χ0) is 27.9. The molecule has 0 radical (unpaired) electrons. The maximum absolute atomic E-state index is 14.1. The molecule has 9 heteroatoms. The number of hydrogen-bond acceptors (Lipinski definition) is 6.